The zero-order valence-electron chi connectivity index (χ0n) is 14.2. The fourth-order valence-corrected chi connectivity index (χ4v) is 3.59. The summed E-state index contributed by atoms with van der Waals surface area (Å²) in [6.45, 7) is 3.51. The summed E-state index contributed by atoms with van der Waals surface area (Å²) in [7, 11) is 0. The van der Waals surface area contributed by atoms with E-state index < -0.39 is 0 Å². The first-order valence-corrected chi connectivity index (χ1v) is 9.17. The minimum absolute atomic E-state index is 0.00200. The first kappa shape index (κ1) is 16.6. The molecule has 3 aromatic heterocycles. The van der Waals surface area contributed by atoms with E-state index in [-0.39, 0.29) is 11.8 Å². The maximum absolute atomic E-state index is 12.4. The number of rotatable bonds is 4. The summed E-state index contributed by atoms with van der Waals surface area (Å²) in [4.78, 5) is 23.7. The number of hydrogen-bond acceptors (Lipinski definition) is 8. The van der Waals surface area contributed by atoms with Gasteiger partial charge in [-0.1, -0.05) is 0 Å². The lowest BCUT2D eigenvalue weighted by molar-refractivity contribution is -0.120. The number of carbonyl (C=O) groups is 1. The van der Waals surface area contributed by atoms with Crippen LogP contribution in [0.5, 0.6) is 0 Å². The van der Waals surface area contributed by atoms with E-state index in [4.69, 9.17) is 0 Å². The molecule has 1 N–H and O–H groups in total. The van der Waals surface area contributed by atoms with Gasteiger partial charge in [0.25, 0.3) is 0 Å². The predicted octanol–water partition coefficient (Wildman–Crippen LogP) is 1.68. The van der Waals surface area contributed by atoms with Crippen LogP contribution in [-0.4, -0.2) is 48.9 Å². The van der Waals surface area contributed by atoms with Crippen molar-refractivity contribution < 1.29 is 4.79 Å². The van der Waals surface area contributed by atoms with Gasteiger partial charge >= 0.3 is 0 Å². The summed E-state index contributed by atoms with van der Waals surface area (Å²) >= 11 is 1.49. The summed E-state index contributed by atoms with van der Waals surface area (Å²) in [5.41, 5.74) is 0. The van der Waals surface area contributed by atoms with Crippen molar-refractivity contribution in [3.63, 3.8) is 0 Å². The van der Waals surface area contributed by atoms with E-state index in [0.29, 0.717) is 10.9 Å². The zero-order valence-corrected chi connectivity index (χ0v) is 15.1. The molecule has 4 rings (SSSR count). The van der Waals surface area contributed by atoms with Gasteiger partial charge < -0.3 is 10.2 Å². The number of nitrogens with zero attached hydrogens (tertiary/aromatic N) is 7. The number of anilines is 2. The second-order valence-corrected chi connectivity index (χ2v) is 7.35. The molecule has 4 heterocycles. The molecular weight excluding hydrogens is 352 g/mol. The molecule has 1 aliphatic heterocycles. The summed E-state index contributed by atoms with van der Waals surface area (Å²) in [5.74, 6) is 1.48. The SMILES string of the molecule is Cc1cnc(NC(=O)C2CCN(c3ccc(-n4cncn4)nn3)CC2)s1. The van der Waals surface area contributed by atoms with Crippen LogP contribution in [0.3, 0.4) is 0 Å². The summed E-state index contributed by atoms with van der Waals surface area (Å²) in [5, 5.41) is 16.1. The Morgan fingerprint density at radius 3 is 2.62 bits per heavy atom. The third kappa shape index (κ3) is 3.54. The normalized spacial score (nSPS) is 15.2. The first-order valence-electron chi connectivity index (χ1n) is 8.36. The Bertz CT molecular complexity index is 868. The maximum Gasteiger partial charge on any atom is 0.229 e. The molecule has 1 fully saturated rings. The number of amides is 1. The topological polar surface area (TPSA) is 102 Å². The molecule has 0 aliphatic carbocycles. The summed E-state index contributed by atoms with van der Waals surface area (Å²) < 4.78 is 1.56. The Kier molecular flexibility index (Phi) is 4.57. The number of aryl methyl sites for hydroxylation is 1. The summed E-state index contributed by atoms with van der Waals surface area (Å²) in [6.07, 6.45) is 6.37. The van der Waals surface area contributed by atoms with Gasteiger partial charge in [-0.15, -0.1) is 21.5 Å². The Morgan fingerprint density at radius 1 is 1.23 bits per heavy atom. The first-order chi connectivity index (χ1) is 12.7. The van der Waals surface area contributed by atoms with Crippen LogP contribution in [0.2, 0.25) is 0 Å². The molecule has 0 aromatic carbocycles. The lowest BCUT2D eigenvalue weighted by Crippen LogP contribution is -2.38. The molecule has 0 bridgehead atoms. The minimum Gasteiger partial charge on any atom is -0.355 e. The molecule has 9 nitrogen and oxygen atoms in total. The van der Waals surface area contributed by atoms with Crippen LogP contribution in [0.1, 0.15) is 17.7 Å². The fraction of sp³-hybridized carbons (Fsp3) is 0.375. The van der Waals surface area contributed by atoms with E-state index >= 15 is 0 Å². The van der Waals surface area contributed by atoms with Crippen molar-refractivity contribution in [1.82, 2.24) is 29.9 Å². The van der Waals surface area contributed by atoms with Crippen molar-refractivity contribution in [2.75, 3.05) is 23.3 Å². The van der Waals surface area contributed by atoms with Crippen LogP contribution >= 0.6 is 11.3 Å². The van der Waals surface area contributed by atoms with Gasteiger partial charge in [0, 0.05) is 30.1 Å². The van der Waals surface area contributed by atoms with Gasteiger partial charge in [-0.05, 0) is 31.9 Å². The van der Waals surface area contributed by atoms with Gasteiger partial charge in [0.15, 0.2) is 16.8 Å². The van der Waals surface area contributed by atoms with Gasteiger partial charge in [-0.2, -0.15) is 5.10 Å². The average molecular weight is 370 g/mol. The molecule has 1 aliphatic rings. The monoisotopic (exact) mass is 370 g/mol. The number of aromatic nitrogens is 6. The molecule has 0 saturated carbocycles. The molecule has 26 heavy (non-hydrogen) atoms. The smallest absolute Gasteiger partial charge is 0.229 e. The number of hydrogen-bond donors (Lipinski definition) is 1. The standard InChI is InChI=1S/C16H18N8OS/c1-11-8-18-16(26-11)20-15(25)12-4-6-23(7-5-12)13-2-3-14(22-21-13)24-10-17-9-19-24/h2-3,8-10,12H,4-7H2,1H3,(H,18,20,25). The van der Waals surface area contributed by atoms with E-state index in [1.807, 2.05) is 19.1 Å². The summed E-state index contributed by atoms with van der Waals surface area (Å²) in [6, 6.07) is 3.78. The van der Waals surface area contributed by atoms with Crippen LogP contribution in [0.15, 0.2) is 31.0 Å². The van der Waals surface area contributed by atoms with Crippen molar-refractivity contribution >= 4 is 28.2 Å². The van der Waals surface area contributed by atoms with Crippen molar-refractivity contribution in [2.24, 2.45) is 5.92 Å². The van der Waals surface area contributed by atoms with Crippen molar-refractivity contribution in [2.45, 2.75) is 19.8 Å². The molecule has 0 unspecified atom stereocenters. The third-order valence-corrected chi connectivity index (χ3v) is 5.16. The van der Waals surface area contributed by atoms with Crippen LogP contribution in [0.25, 0.3) is 5.82 Å². The van der Waals surface area contributed by atoms with Crippen molar-refractivity contribution in [1.29, 1.82) is 0 Å². The highest BCUT2D eigenvalue weighted by molar-refractivity contribution is 7.15. The van der Waals surface area contributed by atoms with E-state index in [9.17, 15) is 4.79 Å². The fourth-order valence-electron chi connectivity index (χ4n) is 2.93. The quantitative estimate of drug-likeness (QED) is 0.745. The van der Waals surface area contributed by atoms with Gasteiger partial charge in [0.2, 0.25) is 5.91 Å². The van der Waals surface area contributed by atoms with E-state index in [1.54, 1.807) is 17.2 Å². The van der Waals surface area contributed by atoms with E-state index in [0.717, 1.165) is 36.6 Å². The van der Waals surface area contributed by atoms with Gasteiger partial charge in [0.1, 0.15) is 12.7 Å². The highest BCUT2D eigenvalue weighted by Gasteiger charge is 2.26. The van der Waals surface area contributed by atoms with Gasteiger partial charge in [-0.25, -0.2) is 14.6 Å². The second kappa shape index (κ2) is 7.16. The van der Waals surface area contributed by atoms with Crippen LogP contribution in [0.4, 0.5) is 10.9 Å². The lowest BCUT2D eigenvalue weighted by Gasteiger charge is -2.31. The minimum atomic E-state index is -0.00200. The van der Waals surface area contributed by atoms with Gasteiger partial charge in [0.05, 0.1) is 0 Å². The number of carbonyl (C=O) groups excluding carboxylic acids is 1. The predicted molar refractivity (Wildman–Crippen MR) is 97.4 cm³/mol. The Balaban J connectivity index is 1.33. The molecule has 0 atom stereocenters. The Morgan fingerprint density at radius 2 is 2.00 bits per heavy atom. The molecule has 0 spiro atoms. The highest BCUT2D eigenvalue weighted by atomic mass is 32.1. The maximum atomic E-state index is 12.4. The number of nitrogens with one attached hydrogen (secondary N) is 1. The Hall–Kier alpha value is -2.88. The second-order valence-electron chi connectivity index (χ2n) is 6.12. The molecule has 10 heteroatoms. The third-order valence-electron chi connectivity index (χ3n) is 4.33. The van der Waals surface area contributed by atoms with E-state index in [2.05, 4.69) is 35.5 Å². The zero-order chi connectivity index (χ0) is 17.9. The molecular formula is C16H18N8OS. The van der Waals surface area contributed by atoms with Crippen molar-refractivity contribution in [3.8, 4) is 5.82 Å². The van der Waals surface area contributed by atoms with Crippen LogP contribution in [-0.2, 0) is 4.79 Å². The van der Waals surface area contributed by atoms with Gasteiger partial charge in [-0.3, -0.25) is 4.79 Å². The molecule has 3 aromatic rings. The molecule has 0 radical (unpaired) electrons. The van der Waals surface area contributed by atoms with Crippen molar-refractivity contribution in [3.05, 3.63) is 35.9 Å². The highest BCUT2D eigenvalue weighted by Crippen LogP contribution is 2.24. The molecule has 134 valence electrons. The number of piperidine rings is 1. The van der Waals surface area contributed by atoms with Crippen LogP contribution in [0, 0.1) is 12.8 Å². The van der Waals surface area contributed by atoms with Crippen LogP contribution < -0.4 is 10.2 Å². The largest absolute Gasteiger partial charge is 0.355 e. The molecule has 1 saturated heterocycles. The molecule has 1 amide bonds. The average Bonchev–Trinajstić information content (AvgIpc) is 3.34. The van der Waals surface area contributed by atoms with E-state index in [1.165, 1.54) is 17.7 Å². The lowest BCUT2D eigenvalue weighted by atomic mass is 9.96. The Labute approximate surface area is 154 Å². The number of thiazole rings is 1.